The van der Waals surface area contributed by atoms with Crippen LogP contribution in [0.25, 0.3) is 0 Å². The summed E-state index contributed by atoms with van der Waals surface area (Å²) in [5, 5.41) is 0. The zero-order chi connectivity index (χ0) is 50.1. The smallest absolute Gasteiger partial charge is 0.338 e. The van der Waals surface area contributed by atoms with Crippen LogP contribution in [0.15, 0.2) is 121 Å². The van der Waals surface area contributed by atoms with Gasteiger partial charge in [-0.15, -0.1) is 0 Å². The number of benzene rings is 5. The number of carbonyl (C=O) groups is 4. The topological polar surface area (TPSA) is 197 Å². The van der Waals surface area contributed by atoms with Gasteiger partial charge < -0.3 is 66.3 Å². The van der Waals surface area contributed by atoms with E-state index in [4.69, 9.17) is 66.3 Å². The van der Waals surface area contributed by atoms with Crippen molar-refractivity contribution in [3.05, 3.63) is 144 Å². The number of ether oxygens (including phenoxy) is 14. The molecule has 0 amide bonds. The molecule has 0 spiro atoms. The summed E-state index contributed by atoms with van der Waals surface area (Å²) in [6.07, 6.45) is -1.79. The van der Waals surface area contributed by atoms with Crippen LogP contribution < -0.4 is 28.4 Å². The third-order valence-electron chi connectivity index (χ3n) is 9.76. The van der Waals surface area contributed by atoms with E-state index < -0.39 is 48.3 Å². The second-order valence-corrected chi connectivity index (χ2v) is 15.3. The largest absolute Gasteiger partial charge is 0.497 e. The Morgan fingerprint density at radius 3 is 0.714 bits per heavy atom. The van der Waals surface area contributed by atoms with Gasteiger partial charge in [-0.25, -0.2) is 19.2 Å². The monoisotopic (exact) mass is 970 g/mol. The van der Waals surface area contributed by atoms with Crippen molar-refractivity contribution < 1.29 is 85.5 Å². The Balaban J connectivity index is 0.873. The van der Waals surface area contributed by atoms with Crippen LogP contribution in [0, 0.1) is 0 Å². The van der Waals surface area contributed by atoms with E-state index in [9.17, 15) is 19.2 Å². The van der Waals surface area contributed by atoms with E-state index in [-0.39, 0.29) is 53.6 Å². The van der Waals surface area contributed by atoms with Crippen LogP contribution in [0.1, 0.15) is 69.1 Å². The predicted molar refractivity (Wildman–Crippen MR) is 251 cm³/mol. The molecule has 0 aliphatic carbocycles. The molecule has 5 aromatic rings. The Kier molecular flexibility index (Phi) is 22.1. The zero-order valence-corrected chi connectivity index (χ0v) is 39.9. The number of methoxy groups -OCH3 is 2. The number of hydrogen-bond donors (Lipinski definition) is 0. The van der Waals surface area contributed by atoms with Gasteiger partial charge in [-0.3, -0.25) is 0 Å². The highest BCUT2D eigenvalue weighted by atomic mass is 16.7. The lowest BCUT2D eigenvalue weighted by Crippen LogP contribution is -2.22. The minimum absolute atomic E-state index is 0.00954. The quantitative estimate of drug-likeness (QED) is 0.0243. The van der Waals surface area contributed by atoms with E-state index in [0.29, 0.717) is 51.0 Å². The molecule has 0 saturated carbocycles. The molecule has 18 heteroatoms. The molecule has 4 atom stereocenters. The fraction of sp³-hybridized carbons (Fsp3) is 0.346. The van der Waals surface area contributed by atoms with Crippen molar-refractivity contribution in [2.45, 2.75) is 52.1 Å². The molecule has 70 heavy (non-hydrogen) atoms. The van der Waals surface area contributed by atoms with Crippen LogP contribution in [0.2, 0.25) is 0 Å². The lowest BCUT2D eigenvalue weighted by Gasteiger charge is -2.15. The van der Waals surface area contributed by atoms with Crippen molar-refractivity contribution in [1.82, 2.24) is 0 Å². The van der Waals surface area contributed by atoms with Crippen LogP contribution >= 0.6 is 0 Å². The van der Waals surface area contributed by atoms with E-state index in [1.165, 1.54) is 0 Å². The molecular weight excluding hydrogens is 913 g/mol. The van der Waals surface area contributed by atoms with Crippen molar-refractivity contribution in [1.29, 1.82) is 0 Å². The Morgan fingerprint density at radius 1 is 0.314 bits per heavy atom. The van der Waals surface area contributed by atoms with Gasteiger partial charge in [0.25, 0.3) is 0 Å². The minimum Gasteiger partial charge on any atom is -0.497 e. The maximum Gasteiger partial charge on any atom is 0.338 e. The zero-order valence-electron chi connectivity index (χ0n) is 39.9. The Bertz CT molecular complexity index is 2340. The first-order valence-corrected chi connectivity index (χ1v) is 22.1. The van der Waals surface area contributed by atoms with Gasteiger partial charge in [0.2, 0.25) is 0 Å². The molecule has 0 saturated heterocycles. The van der Waals surface area contributed by atoms with Gasteiger partial charge in [0.1, 0.15) is 60.9 Å². The molecule has 0 aromatic heterocycles. The lowest BCUT2D eigenvalue weighted by molar-refractivity contribution is -0.0548. The highest BCUT2D eigenvalue weighted by molar-refractivity contribution is 5.91. The van der Waals surface area contributed by atoms with Crippen molar-refractivity contribution in [3.8, 4) is 34.5 Å². The highest BCUT2D eigenvalue weighted by Gasteiger charge is 2.16. The fourth-order valence-electron chi connectivity index (χ4n) is 5.63. The summed E-state index contributed by atoms with van der Waals surface area (Å²) in [6.45, 7) is 6.63. The van der Waals surface area contributed by atoms with Crippen LogP contribution in [0.5, 0.6) is 34.5 Å². The molecule has 0 aliphatic rings. The summed E-state index contributed by atoms with van der Waals surface area (Å²) in [5.41, 5.74) is 1.35. The molecule has 0 radical (unpaired) electrons. The molecule has 0 bridgehead atoms. The van der Waals surface area contributed by atoms with E-state index in [2.05, 4.69) is 0 Å². The third-order valence-corrected chi connectivity index (χ3v) is 9.76. The first-order valence-electron chi connectivity index (χ1n) is 22.1. The van der Waals surface area contributed by atoms with Gasteiger partial charge in [0, 0.05) is 0 Å². The molecule has 0 heterocycles. The number of carbonyl (C=O) groups excluding carboxylic acids is 4. The van der Waals surface area contributed by atoms with Crippen LogP contribution in [0.3, 0.4) is 0 Å². The number of rotatable bonds is 30. The molecule has 18 nitrogen and oxygen atoms in total. The van der Waals surface area contributed by atoms with Gasteiger partial charge in [0.05, 0.1) is 60.9 Å². The summed E-state index contributed by atoms with van der Waals surface area (Å²) < 4.78 is 76.4. The van der Waals surface area contributed by atoms with Crippen molar-refractivity contribution >= 4 is 23.9 Å². The van der Waals surface area contributed by atoms with E-state index >= 15 is 0 Å². The lowest BCUT2D eigenvalue weighted by atomic mass is 10.2. The predicted octanol–water partition coefficient (Wildman–Crippen LogP) is 8.10. The third kappa shape index (κ3) is 19.0. The molecule has 0 fully saturated rings. The molecular formula is C52H58O18. The van der Waals surface area contributed by atoms with E-state index in [1.807, 2.05) is 0 Å². The normalized spacial score (nSPS) is 12.5. The second kappa shape index (κ2) is 28.8. The maximum atomic E-state index is 12.6. The first kappa shape index (κ1) is 53.6. The minimum atomic E-state index is -0.552. The van der Waals surface area contributed by atoms with Crippen LogP contribution in [0.4, 0.5) is 0 Å². The first-order chi connectivity index (χ1) is 33.9. The molecule has 0 aliphatic heterocycles. The van der Waals surface area contributed by atoms with Crippen LogP contribution in [-0.2, 0) is 37.9 Å². The van der Waals surface area contributed by atoms with Gasteiger partial charge in [-0.1, -0.05) is 0 Å². The molecule has 0 N–H and O–H groups in total. The standard InChI is InChI=1S/C52H58O18/c1-35(27-59-49(53)39-7-15-43(57-5)16-8-39)63-31-67-45-17-9-40(10-18-45)50(54)60-28-36(2)64-32-68-46-19-11-41(12-20-46)51(55)61-29-37(3)65-33-69-47-21-13-42(14-22-47)52(56)62-30-38(4)66-34-70-48-25-23-44(58-6)24-26-48/h7-26,35-38H,27-34H2,1-6H3. The van der Waals surface area contributed by atoms with Gasteiger partial charge in [-0.05, 0) is 149 Å². The SMILES string of the molecule is COc1ccc(OCOC(C)COC(=O)c2ccc(OCOC(C)COC(=O)c3ccc(OCOC(C)COC(=O)c4ccc(OCOC(C)COC(=O)c5ccc(OC)cc5)cc4)cc3)cc2)cc1. The van der Waals surface area contributed by atoms with Gasteiger partial charge in [-0.2, -0.15) is 0 Å². The summed E-state index contributed by atoms with van der Waals surface area (Å²) in [4.78, 5) is 50.0. The summed E-state index contributed by atoms with van der Waals surface area (Å²) in [5.74, 6) is 1.26. The van der Waals surface area contributed by atoms with Gasteiger partial charge in [0.15, 0.2) is 27.2 Å². The van der Waals surface area contributed by atoms with E-state index in [1.54, 1.807) is 163 Å². The van der Waals surface area contributed by atoms with Crippen molar-refractivity contribution in [2.75, 3.05) is 67.8 Å². The fourth-order valence-corrected chi connectivity index (χ4v) is 5.63. The molecule has 374 valence electrons. The second-order valence-electron chi connectivity index (χ2n) is 15.3. The number of esters is 4. The molecule has 4 unspecified atom stereocenters. The van der Waals surface area contributed by atoms with Crippen molar-refractivity contribution in [2.24, 2.45) is 0 Å². The summed E-state index contributed by atoms with van der Waals surface area (Å²) in [7, 11) is 3.13. The van der Waals surface area contributed by atoms with Gasteiger partial charge >= 0.3 is 23.9 Å². The highest BCUT2D eigenvalue weighted by Crippen LogP contribution is 2.19. The summed E-state index contributed by atoms with van der Waals surface area (Å²) in [6, 6.07) is 32.7. The number of hydrogen-bond acceptors (Lipinski definition) is 18. The van der Waals surface area contributed by atoms with E-state index in [0.717, 1.165) is 5.75 Å². The Labute approximate surface area is 406 Å². The average Bonchev–Trinajstić information content (AvgIpc) is 3.38. The maximum absolute atomic E-state index is 12.6. The van der Waals surface area contributed by atoms with Crippen LogP contribution in [-0.4, -0.2) is 116 Å². The Morgan fingerprint density at radius 2 is 0.500 bits per heavy atom. The Hall–Kier alpha value is -7.38. The summed E-state index contributed by atoms with van der Waals surface area (Å²) >= 11 is 0. The molecule has 5 aromatic carbocycles. The molecule has 5 rings (SSSR count). The average molecular weight is 971 g/mol. The van der Waals surface area contributed by atoms with Crippen molar-refractivity contribution in [3.63, 3.8) is 0 Å².